The van der Waals surface area contributed by atoms with E-state index in [2.05, 4.69) is 32.4 Å². The number of benzene rings is 2. The molecule has 0 radical (unpaired) electrons. The summed E-state index contributed by atoms with van der Waals surface area (Å²) < 4.78 is 5.35. The first-order chi connectivity index (χ1) is 15.5. The molecule has 5 aromatic rings. The maximum atomic E-state index is 12.7. The molecule has 0 bridgehead atoms. The molecule has 2 aromatic carbocycles. The Balaban J connectivity index is 1.29. The molecule has 3 aromatic heterocycles. The molecule has 0 saturated heterocycles. The normalized spacial score (nSPS) is 11.2. The number of fused-ring (bicyclic) bond motifs is 2. The fourth-order valence-electron chi connectivity index (χ4n) is 3.71. The Labute approximate surface area is 184 Å². The molecular weight excluding hydrogens is 402 g/mol. The number of carbonyl (C=O) groups excluding carboxylic acids is 1. The van der Waals surface area contributed by atoms with Gasteiger partial charge in [0.05, 0.1) is 5.52 Å². The van der Waals surface area contributed by atoms with E-state index in [0.29, 0.717) is 29.6 Å². The number of nitrogens with one attached hydrogen (secondary N) is 1. The molecule has 0 saturated carbocycles. The number of hydrogen-bond acceptors (Lipinski definition) is 6. The van der Waals surface area contributed by atoms with Gasteiger partial charge >= 0.3 is 0 Å². The number of anilines is 1. The van der Waals surface area contributed by atoms with Gasteiger partial charge in [-0.25, -0.2) is 0 Å². The number of pyridine rings is 2. The minimum atomic E-state index is -0.163. The lowest BCUT2D eigenvalue weighted by molar-refractivity contribution is 0.0950. The average molecular weight is 423 g/mol. The van der Waals surface area contributed by atoms with E-state index in [1.54, 1.807) is 12.3 Å². The van der Waals surface area contributed by atoms with E-state index in [1.165, 1.54) is 0 Å². The fraction of sp³-hybridized carbons (Fsp3) is 0.120. The zero-order chi connectivity index (χ0) is 22.1. The maximum absolute atomic E-state index is 12.7. The van der Waals surface area contributed by atoms with E-state index < -0.39 is 0 Å². The summed E-state index contributed by atoms with van der Waals surface area (Å²) in [6, 6.07) is 17.5. The smallest absolute Gasteiger partial charge is 0.292 e. The number of oxazole rings is 1. The summed E-state index contributed by atoms with van der Waals surface area (Å²) in [6.07, 6.45) is 4.17. The first-order valence-corrected chi connectivity index (χ1v) is 10.3. The highest BCUT2D eigenvalue weighted by molar-refractivity contribution is 5.94. The Hall–Kier alpha value is -4.26. The third-order valence-corrected chi connectivity index (χ3v) is 5.27. The Morgan fingerprint density at radius 1 is 1.00 bits per heavy atom. The van der Waals surface area contributed by atoms with Crippen molar-refractivity contribution in [1.29, 1.82) is 0 Å². The molecule has 0 unspecified atom stereocenters. The van der Waals surface area contributed by atoms with Gasteiger partial charge in [-0.1, -0.05) is 12.1 Å². The van der Waals surface area contributed by atoms with Crippen molar-refractivity contribution in [1.82, 2.24) is 20.3 Å². The highest BCUT2D eigenvalue weighted by Crippen LogP contribution is 2.19. The largest absolute Gasteiger partial charge is 0.424 e. The van der Waals surface area contributed by atoms with Gasteiger partial charge in [-0.05, 0) is 66.1 Å². The second-order valence-corrected chi connectivity index (χ2v) is 7.79. The highest BCUT2D eigenvalue weighted by Gasteiger charge is 2.09. The zero-order valence-electron chi connectivity index (χ0n) is 17.5. The number of rotatable bonds is 5. The lowest BCUT2D eigenvalue weighted by Gasteiger charge is -2.08. The molecule has 0 spiro atoms. The van der Waals surface area contributed by atoms with Crippen LogP contribution in [0.2, 0.25) is 0 Å². The third-order valence-electron chi connectivity index (χ3n) is 5.27. The van der Waals surface area contributed by atoms with Crippen LogP contribution in [0.4, 0.5) is 6.01 Å². The SMILES string of the molecule is Cc1cnc2ccc(Cc3cc(C(=O)NCc4ccc5nc(N)oc5c4)ccn3)cc2c1. The Bertz CT molecular complexity index is 1460. The summed E-state index contributed by atoms with van der Waals surface area (Å²) in [5.74, 6) is -0.163. The maximum Gasteiger partial charge on any atom is 0.292 e. The first kappa shape index (κ1) is 19.7. The van der Waals surface area contributed by atoms with E-state index in [-0.39, 0.29) is 11.9 Å². The molecule has 0 aliphatic carbocycles. The number of amides is 1. The van der Waals surface area contributed by atoms with Gasteiger partial charge in [-0.2, -0.15) is 4.98 Å². The molecule has 0 fully saturated rings. The molecule has 0 atom stereocenters. The minimum absolute atomic E-state index is 0.128. The first-order valence-electron chi connectivity index (χ1n) is 10.3. The van der Waals surface area contributed by atoms with E-state index in [4.69, 9.17) is 10.2 Å². The Kier molecular flexibility index (Phi) is 4.99. The van der Waals surface area contributed by atoms with E-state index in [1.807, 2.05) is 49.5 Å². The Morgan fingerprint density at radius 3 is 2.75 bits per heavy atom. The van der Waals surface area contributed by atoms with Crippen LogP contribution in [0.5, 0.6) is 0 Å². The van der Waals surface area contributed by atoms with E-state index >= 15 is 0 Å². The van der Waals surface area contributed by atoms with Gasteiger partial charge in [-0.15, -0.1) is 0 Å². The van der Waals surface area contributed by atoms with Crippen molar-refractivity contribution in [2.75, 3.05) is 5.73 Å². The second-order valence-electron chi connectivity index (χ2n) is 7.79. The summed E-state index contributed by atoms with van der Waals surface area (Å²) in [6.45, 7) is 2.39. The van der Waals surface area contributed by atoms with Crippen molar-refractivity contribution >= 4 is 33.9 Å². The van der Waals surface area contributed by atoms with Crippen LogP contribution in [0, 0.1) is 6.92 Å². The van der Waals surface area contributed by atoms with Crippen molar-refractivity contribution in [3.05, 3.63) is 94.9 Å². The molecule has 0 aliphatic rings. The van der Waals surface area contributed by atoms with Crippen LogP contribution < -0.4 is 11.1 Å². The van der Waals surface area contributed by atoms with E-state index in [0.717, 1.165) is 33.3 Å². The number of nitrogen functional groups attached to an aromatic ring is 1. The zero-order valence-corrected chi connectivity index (χ0v) is 17.5. The summed E-state index contributed by atoms with van der Waals surface area (Å²) in [4.78, 5) is 25.7. The van der Waals surface area contributed by atoms with Gasteiger partial charge < -0.3 is 15.5 Å². The average Bonchev–Trinajstić information content (AvgIpc) is 3.16. The van der Waals surface area contributed by atoms with Gasteiger partial charge in [-0.3, -0.25) is 14.8 Å². The van der Waals surface area contributed by atoms with Gasteiger partial charge in [0.25, 0.3) is 11.9 Å². The number of aryl methyl sites for hydroxylation is 1. The molecule has 0 aliphatic heterocycles. The van der Waals surface area contributed by atoms with Crippen LogP contribution in [-0.2, 0) is 13.0 Å². The van der Waals surface area contributed by atoms with Crippen LogP contribution in [0.15, 0.2) is 71.4 Å². The summed E-state index contributed by atoms with van der Waals surface area (Å²) in [7, 11) is 0. The summed E-state index contributed by atoms with van der Waals surface area (Å²) in [5.41, 5.74) is 12.4. The van der Waals surface area contributed by atoms with Gasteiger partial charge in [0.2, 0.25) is 0 Å². The monoisotopic (exact) mass is 423 g/mol. The summed E-state index contributed by atoms with van der Waals surface area (Å²) >= 11 is 0. The van der Waals surface area contributed by atoms with Crippen LogP contribution in [0.3, 0.4) is 0 Å². The lowest BCUT2D eigenvalue weighted by atomic mass is 10.0. The van der Waals surface area contributed by atoms with Crippen LogP contribution in [-0.4, -0.2) is 20.9 Å². The van der Waals surface area contributed by atoms with Crippen molar-refractivity contribution < 1.29 is 9.21 Å². The fourth-order valence-corrected chi connectivity index (χ4v) is 3.71. The number of nitrogens with zero attached hydrogens (tertiary/aromatic N) is 3. The topological polar surface area (TPSA) is 107 Å². The van der Waals surface area contributed by atoms with Gasteiger partial charge in [0.15, 0.2) is 5.58 Å². The number of hydrogen-bond donors (Lipinski definition) is 2. The molecule has 1 amide bonds. The number of carbonyl (C=O) groups is 1. The molecule has 5 rings (SSSR count). The van der Waals surface area contributed by atoms with Crippen LogP contribution >= 0.6 is 0 Å². The van der Waals surface area contributed by atoms with E-state index in [9.17, 15) is 4.79 Å². The minimum Gasteiger partial charge on any atom is -0.424 e. The van der Waals surface area contributed by atoms with Crippen molar-refractivity contribution in [2.24, 2.45) is 0 Å². The molecule has 3 N–H and O–H groups in total. The molecule has 3 heterocycles. The standard InChI is InChI=1S/C25H21N5O2/c1-15-8-19-9-16(2-4-21(19)28-13-15)10-20-12-18(6-7-27-20)24(31)29-14-17-3-5-22-23(11-17)32-25(26)30-22/h2-9,11-13H,10,14H2,1H3,(H2,26,30)(H,29,31). The van der Waals surface area contributed by atoms with Crippen molar-refractivity contribution in [3.8, 4) is 0 Å². The molecule has 7 heteroatoms. The molecule has 7 nitrogen and oxygen atoms in total. The van der Waals surface area contributed by atoms with Crippen molar-refractivity contribution in [2.45, 2.75) is 19.9 Å². The van der Waals surface area contributed by atoms with Gasteiger partial charge in [0.1, 0.15) is 5.52 Å². The lowest BCUT2D eigenvalue weighted by Crippen LogP contribution is -2.23. The molecule has 158 valence electrons. The Morgan fingerprint density at radius 2 is 1.84 bits per heavy atom. The predicted octanol–water partition coefficient (Wildman–Crippen LogP) is 4.18. The van der Waals surface area contributed by atoms with Crippen LogP contribution in [0.25, 0.3) is 22.0 Å². The highest BCUT2D eigenvalue weighted by atomic mass is 16.4. The number of aromatic nitrogens is 3. The third kappa shape index (κ3) is 4.13. The predicted molar refractivity (Wildman–Crippen MR) is 123 cm³/mol. The summed E-state index contributed by atoms with van der Waals surface area (Å²) in [5, 5.41) is 4.04. The van der Waals surface area contributed by atoms with Gasteiger partial charge in [0, 0.05) is 42.0 Å². The number of nitrogens with two attached hydrogens (primary N) is 1. The quantitative estimate of drug-likeness (QED) is 0.439. The van der Waals surface area contributed by atoms with Crippen molar-refractivity contribution in [3.63, 3.8) is 0 Å². The van der Waals surface area contributed by atoms with Crippen LogP contribution in [0.1, 0.15) is 32.7 Å². The second kappa shape index (κ2) is 8.11. The molecular formula is C25H21N5O2. The molecule has 32 heavy (non-hydrogen) atoms.